The molecule has 2 N–H and O–H groups in total. The number of rotatable bonds is 6. The van der Waals surface area contributed by atoms with Crippen LogP contribution in [0.4, 0.5) is 0 Å². The lowest BCUT2D eigenvalue weighted by Gasteiger charge is -2.18. The summed E-state index contributed by atoms with van der Waals surface area (Å²) in [6.45, 7) is 2.31. The molecular weight excluding hydrogens is 374 g/mol. The first-order chi connectivity index (χ1) is 13.7. The molecule has 146 valence electrons. The minimum atomic E-state index is -0.202. The van der Waals surface area contributed by atoms with Crippen LogP contribution < -0.4 is 10.9 Å². The van der Waals surface area contributed by atoms with Crippen LogP contribution in [0.25, 0.3) is 10.6 Å². The minimum Gasteiger partial charge on any atom is -0.346 e. The predicted molar refractivity (Wildman–Crippen MR) is 109 cm³/mol. The van der Waals surface area contributed by atoms with Gasteiger partial charge in [-0.05, 0) is 49.6 Å². The van der Waals surface area contributed by atoms with Crippen molar-refractivity contribution >= 4 is 17.2 Å². The second-order valence-electron chi connectivity index (χ2n) is 7.03. The van der Waals surface area contributed by atoms with Gasteiger partial charge in [-0.1, -0.05) is 13.0 Å². The molecule has 1 aliphatic carbocycles. The average Bonchev–Trinajstić information content (AvgIpc) is 3.39. The van der Waals surface area contributed by atoms with Crippen molar-refractivity contribution in [2.75, 3.05) is 0 Å². The molecule has 3 aromatic rings. The highest BCUT2D eigenvalue weighted by Crippen LogP contribution is 2.23. The lowest BCUT2D eigenvalue weighted by atomic mass is 9.95. The third-order valence-corrected chi connectivity index (χ3v) is 6.03. The Bertz CT molecular complexity index is 1020. The normalized spacial score (nSPS) is 14.5. The zero-order chi connectivity index (χ0) is 19.5. The second kappa shape index (κ2) is 8.10. The molecule has 0 fully saturated rings. The summed E-state index contributed by atoms with van der Waals surface area (Å²) in [6.07, 6.45) is 4.73. The van der Waals surface area contributed by atoms with Crippen LogP contribution in [-0.2, 0) is 19.4 Å². The van der Waals surface area contributed by atoms with Gasteiger partial charge in [0.15, 0.2) is 5.69 Å². The zero-order valence-electron chi connectivity index (χ0n) is 15.8. The molecule has 8 heteroatoms. The SMILES string of the molecule is CC[C@H](Cn1nc(-c2cccs2)ccc1=O)NC(=O)c1n[nH]c2c1CCCC2. The Morgan fingerprint density at radius 1 is 1.32 bits per heavy atom. The molecule has 0 aliphatic heterocycles. The number of amides is 1. The summed E-state index contributed by atoms with van der Waals surface area (Å²) in [7, 11) is 0. The summed E-state index contributed by atoms with van der Waals surface area (Å²) < 4.78 is 1.43. The molecule has 3 heterocycles. The maximum atomic E-state index is 12.8. The molecule has 1 atom stereocenters. The Morgan fingerprint density at radius 3 is 2.96 bits per heavy atom. The van der Waals surface area contributed by atoms with Crippen LogP contribution in [0, 0.1) is 0 Å². The Morgan fingerprint density at radius 2 is 2.18 bits per heavy atom. The number of thiophene rings is 1. The van der Waals surface area contributed by atoms with Gasteiger partial charge in [0.2, 0.25) is 0 Å². The van der Waals surface area contributed by atoms with Crippen LogP contribution in [0.3, 0.4) is 0 Å². The fourth-order valence-corrected chi connectivity index (χ4v) is 4.23. The molecule has 7 nitrogen and oxygen atoms in total. The summed E-state index contributed by atoms with van der Waals surface area (Å²) in [6, 6.07) is 6.99. The van der Waals surface area contributed by atoms with E-state index in [2.05, 4.69) is 20.6 Å². The fraction of sp³-hybridized carbons (Fsp3) is 0.400. The molecule has 0 radical (unpaired) electrons. The van der Waals surface area contributed by atoms with Gasteiger partial charge in [-0.15, -0.1) is 11.3 Å². The quantitative estimate of drug-likeness (QED) is 0.669. The molecule has 4 rings (SSSR count). The average molecular weight is 398 g/mol. The van der Waals surface area contributed by atoms with Crippen LogP contribution in [0.5, 0.6) is 0 Å². The lowest BCUT2D eigenvalue weighted by Crippen LogP contribution is -2.41. The smallest absolute Gasteiger partial charge is 0.272 e. The molecule has 3 aromatic heterocycles. The highest BCUT2D eigenvalue weighted by atomic mass is 32.1. The van der Waals surface area contributed by atoms with Crippen molar-refractivity contribution in [3.63, 3.8) is 0 Å². The Balaban J connectivity index is 1.51. The van der Waals surface area contributed by atoms with Gasteiger partial charge in [0.1, 0.15) is 5.69 Å². The van der Waals surface area contributed by atoms with Crippen LogP contribution in [0.15, 0.2) is 34.4 Å². The third kappa shape index (κ3) is 3.77. The van der Waals surface area contributed by atoms with E-state index in [1.54, 1.807) is 17.4 Å². The predicted octanol–water partition coefficient (Wildman–Crippen LogP) is 2.78. The van der Waals surface area contributed by atoms with Crippen molar-refractivity contribution in [3.05, 3.63) is 57.0 Å². The number of fused-ring (bicyclic) bond motifs is 1. The highest BCUT2D eigenvalue weighted by Gasteiger charge is 2.23. The summed E-state index contributed by atoms with van der Waals surface area (Å²) in [5.41, 5.74) is 3.18. The molecule has 0 saturated carbocycles. The number of nitrogens with zero attached hydrogens (tertiary/aromatic N) is 3. The van der Waals surface area contributed by atoms with Gasteiger partial charge in [-0.3, -0.25) is 14.7 Å². The van der Waals surface area contributed by atoms with Crippen molar-refractivity contribution in [1.82, 2.24) is 25.3 Å². The number of aromatic nitrogens is 4. The van der Waals surface area contributed by atoms with E-state index < -0.39 is 0 Å². The van der Waals surface area contributed by atoms with Gasteiger partial charge in [-0.2, -0.15) is 10.2 Å². The molecule has 0 spiro atoms. The Labute approximate surface area is 166 Å². The molecule has 0 bridgehead atoms. The number of aromatic amines is 1. The van der Waals surface area contributed by atoms with E-state index >= 15 is 0 Å². The molecule has 0 saturated heterocycles. The van der Waals surface area contributed by atoms with Crippen molar-refractivity contribution in [2.45, 2.75) is 51.6 Å². The van der Waals surface area contributed by atoms with Crippen molar-refractivity contribution in [3.8, 4) is 10.6 Å². The first-order valence-electron chi connectivity index (χ1n) is 9.64. The van der Waals surface area contributed by atoms with E-state index in [9.17, 15) is 9.59 Å². The first kappa shape index (κ1) is 18.6. The molecule has 0 aromatic carbocycles. The summed E-state index contributed by atoms with van der Waals surface area (Å²) in [4.78, 5) is 26.1. The van der Waals surface area contributed by atoms with E-state index in [1.807, 2.05) is 24.4 Å². The van der Waals surface area contributed by atoms with Crippen LogP contribution in [0.2, 0.25) is 0 Å². The number of H-pyrrole nitrogens is 1. The van der Waals surface area contributed by atoms with E-state index in [0.29, 0.717) is 18.7 Å². The first-order valence-corrected chi connectivity index (χ1v) is 10.5. The Hall–Kier alpha value is -2.74. The Kier molecular flexibility index (Phi) is 5.38. The number of hydrogen-bond donors (Lipinski definition) is 2. The van der Waals surface area contributed by atoms with Gasteiger partial charge < -0.3 is 5.32 Å². The highest BCUT2D eigenvalue weighted by molar-refractivity contribution is 7.13. The number of hydrogen-bond acceptors (Lipinski definition) is 5. The van der Waals surface area contributed by atoms with Crippen molar-refractivity contribution in [1.29, 1.82) is 0 Å². The molecule has 0 unspecified atom stereocenters. The topological polar surface area (TPSA) is 92.7 Å². The lowest BCUT2D eigenvalue weighted by molar-refractivity contribution is 0.0924. The van der Waals surface area contributed by atoms with Crippen LogP contribution >= 0.6 is 11.3 Å². The van der Waals surface area contributed by atoms with Gasteiger partial charge in [0.25, 0.3) is 11.5 Å². The molecule has 1 aliphatic rings. The summed E-state index contributed by atoms with van der Waals surface area (Å²) >= 11 is 1.58. The second-order valence-corrected chi connectivity index (χ2v) is 7.98. The standard InChI is InChI=1S/C20H23N5O2S/c1-2-13(21-20(27)19-14-6-3-4-7-15(14)22-23-19)12-25-18(26)10-9-16(24-25)17-8-5-11-28-17/h5,8-11,13H,2-4,6-7,12H2,1H3,(H,21,27)(H,22,23)/t13-/m1/s1. The number of nitrogens with one attached hydrogen (secondary N) is 2. The monoisotopic (exact) mass is 397 g/mol. The van der Waals surface area contributed by atoms with Gasteiger partial charge in [-0.25, -0.2) is 4.68 Å². The van der Waals surface area contributed by atoms with E-state index in [1.165, 1.54) is 10.7 Å². The van der Waals surface area contributed by atoms with E-state index in [-0.39, 0.29) is 17.5 Å². The maximum Gasteiger partial charge on any atom is 0.272 e. The maximum absolute atomic E-state index is 12.8. The minimum absolute atomic E-state index is 0.176. The number of aryl methyl sites for hydroxylation is 1. The zero-order valence-corrected chi connectivity index (χ0v) is 16.6. The van der Waals surface area contributed by atoms with E-state index in [0.717, 1.165) is 47.5 Å². The van der Waals surface area contributed by atoms with Gasteiger partial charge >= 0.3 is 0 Å². The third-order valence-electron chi connectivity index (χ3n) is 5.13. The molecule has 1 amide bonds. The van der Waals surface area contributed by atoms with E-state index in [4.69, 9.17) is 0 Å². The van der Waals surface area contributed by atoms with Crippen LogP contribution in [-0.4, -0.2) is 31.9 Å². The van der Waals surface area contributed by atoms with Gasteiger partial charge in [0, 0.05) is 23.4 Å². The summed E-state index contributed by atoms with van der Waals surface area (Å²) in [5, 5.41) is 16.7. The molecular formula is C20H23N5O2S. The van der Waals surface area contributed by atoms with Crippen molar-refractivity contribution in [2.24, 2.45) is 0 Å². The number of carbonyl (C=O) groups excluding carboxylic acids is 1. The number of carbonyl (C=O) groups is 1. The van der Waals surface area contributed by atoms with Crippen LogP contribution in [0.1, 0.15) is 47.9 Å². The van der Waals surface area contributed by atoms with Gasteiger partial charge in [0.05, 0.1) is 11.4 Å². The fourth-order valence-electron chi connectivity index (χ4n) is 3.54. The summed E-state index contributed by atoms with van der Waals surface area (Å²) in [5.74, 6) is -0.186. The molecule has 28 heavy (non-hydrogen) atoms. The largest absolute Gasteiger partial charge is 0.346 e. The van der Waals surface area contributed by atoms with Crippen molar-refractivity contribution < 1.29 is 4.79 Å².